The number of aromatic nitrogens is 1. The molecule has 0 saturated carbocycles. The molecular weight excluding hydrogens is 230 g/mol. The predicted molar refractivity (Wildman–Crippen MR) is 75.9 cm³/mol. The number of rotatable bonds is 4. The highest BCUT2D eigenvalue weighted by Gasteiger charge is 2.10. The predicted octanol–water partition coefficient (Wildman–Crippen LogP) is 3.68. The molecule has 1 aromatic heterocycles. The minimum absolute atomic E-state index is 0.699. The van der Waals surface area contributed by atoms with Crippen molar-refractivity contribution < 1.29 is 0 Å². The molecule has 0 aliphatic rings. The third kappa shape index (κ3) is 2.71. The van der Waals surface area contributed by atoms with Gasteiger partial charge in [0, 0.05) is 6.21 Å². The highest BCUT2D eigenvalue weighted by Crippen LogP contribution is 2.28. The summed E-state index contributed by atoms with van der Waals surface area (Å²) < 4.78 is 1.18. The van der Waals surface area contributed by atoms with Gasteiger partial charge >= 0.3 is 0 Å². The summed E-state index contributed by atoms with van der Waals surface area (Å²) in [4.78, 5) is 4.57. The Morgan fingerprint density at radius 1 is 1.53 bits per heavy atom. The number of hydrazone groups is 1. The molecule has 0 bridgehead atoms. The maximum atomic E-state index is 4.57. The van der Waals surface area contributed by atoms with E-state index in [0.717, 1.165) is 16.2 Å². The summed E-state index contributed by atoms with van der Waals surface area (Å²) in [5, 5.41) is 7.12. The number of benzene rings is 1. The second kappa shape index (κ2) is 5.10. The topological polar surface area (TPSA) is 28.5 Å². The van der Waals surface area contributed by atoms with Crippen molar-refractivity contribution >= 4 is 32.9 Å². The van der Waals surface area contributed by atoms with E-state index in [1.807, 2.05) is 37.1 Å². The molecule has 0 radical (unpaired) electrons. The summed E-state index contributed by atoms with van der Waals surface area (Å²) in [7, 11) is 0. The molecule has 2 aromatic rings. The third-order valence-electron chi connectivity index (χ3n) is 2.18. The van der Waals surface area contributed by atoms with Gasteiger partial charge in [0.15, 0.2) is 0 Å². The number of hydrogen-bond donors (Lipinski definition) is 0. The van der Waals surface area contributed by atoms with Crippen molar-refractivity contribution in [2.75, 3.05) is 11.6 Å². The lowest BCUT2D eigenvalue weighted by atomic mass is 10.3. The summed E-state index contributed by atoms with van der Waals surface area (Å²) in [6, 6.07) is 8.11. The number of thiazole rings is 1. The molecule has 17 heavy (non-hydrogen) atoms. The maximum absolute atomic E-state index is 4.57. The first-order chi connectivity index (χ1) is 8.20. The normalized spacial score (nSPS) is 11.2. The number of fused-ring (bicyclic) bond motifs is 1. The smallest absolute Gasteiger partial charge is 0.207 e. The van der Waals surface area contributed by atoms with Gasteiger partial charge in [-0.1, -0.05) is 35.6 Å². The fourth-order valence-electron chi connectivity index (χ4n) is 1.52. The summed E-state index contributed by atoms with van der Waals surface area (Å²) in [5.41, 5.74) is 2.08. The maximum Gasteiger partial charge on any atom is 0.207 e. The van der Waals surface area contributed by atoms with E-state index >= 15 is 0 Å². The van der Waals surface area contributed by atoms with Gasteiger partial charge in [-0.3, -0.25) is 0 Å². The van der Waals surface area contributed by atoms with E-state index in [-0.39, 0.29) is 0 Å². The van der Waals surface area contributed by atoms with Crippen LogP contribution in [-0.4, -0.2) is 17.7 Å². The van der Waals surface area contributed by atoms with Gasteiger partial charge in [-0.25, -0.2) is 9.99 Å². The molecular formula is C13H15N3S. The largest absolute Gasteiger partial charge is 0.235 e. The molecule has 0 saturated heterocycles. The summed E-state index contributed by atoms with van der Waals surface area (Å²) in [6.45, 7) is 8.51. The second-order valence-corrected chi connectivity index (χ2v) is 4.86. The van der Waals surface area contributed by atoms with Crippen LogP contribution in [0.2, 0.25) is 0 Å². The Labute approximate surface area is 105 Å². The first-order valence-electron chi connectivity index (χ1n) is 5.47. The Morgan fingerprint density at radius 3 is 2.94 bits per heavy atom. The van der Waals surface area contributed by atoms with Gasteiger partial charge in [-0.15, -0.1) is 0 Å². The standard InChI is InChI=1S/C13H15N3S/c1-4-14-16(9-10(2)3)13-15-11-7-5-6-8-12(11)17-13/h4-8H,2,9H2,1,3H3/b14-4+. The Kier molecular flexibility index (Phi) is 3.54. The van der Waals surface area contributed by atoms with Crippen LogP contribution in [0.15, 0.2) is 41.5 Å². The van der Waals surface area contributed by atoms with E-state index in [9.17, 15) is 0 Å². The van der Waals surface area contributed by atoms with E-state index in [1.54, 1.807) is 17.6 Å². The van der Waals surface area contributed by atoms with Gasteiger partial charge in [0.25, 0.3) is 0 Å². The van der Waals surface area contributed by atoms with Crippen LogP contribution in [0, 0.1) is 0 Å². The second-order valence-electron chi connectivity index (χ2n) is 3.85. The van der Waals surface area contributed by atoms with Gasteiger partial charge in [0.05, 0.1) is 16.8 Å². The highest BCUT2D eigenvalue weighted by molar-refractivity contribution is 7.22. The Hall–Kier alpha value is -1.68. The number of hydrogen-bond acceptors (Lipinski definition) is 4. The average molecular weight is 245 g/mol. The minimum atomic E-state index is 0.699. The monoisotopic (exact) mass is 245 g/mol. The third-order valence-corrected chi connectivity index (χ3v) is 3.23. The molecule has 2 rings (SSSR count). The molecule has 0 aliphatic heterocycles. The van der Waals surface area contributed by atoms with E-state index in [0.29, 0.717) is 6.54 Å². The summed E-state index contributed by atoms with van der Waals surface area (Å²) in [6.07, 6.45) is 1.77. The first kappa shape index (κ1) is 11.8. The highest BCUT2D eigenvalue weighted by atomic mass is 32.1. The van der Waals surface area contributed by atoms with Crippen molar-refractivity contribution in [2.24, 2.45) is 5.10 Å². The Bertz CT molecular complexity index is 524. The number of nitrogens with zero attached hydrogens (tertiary/aromatic N) is 3. The van der Waals surface area contributed by atoms with Crippen LogP contribution in [0.4, 0.5) is 5.13 Å². The van der Waals surface area contributed by atoms with E-state index in [2.05, 4.69) is 22.7 Å². The lowest BCUT2D eigenvalue weighted by Crippen LogP contribution is -2.17. The quantitative estimate of drug-likeness (QED) is 0.467. The summed E-state index contributed by atoms with van der Waals surface area (Å²) >= 11 is 1.65. The van der Waals surface area contributed by atoms with E-state index in [4.69, 9.17) is 0 Å². The van der Waals surface area contributed by atoms with Crippen LogP contribution in [-0.2, 0) is 0 Å². The molecule has 0 N–H and O–H groups in total. The summed E-state index contributed by atoms with van der Waals surface area (Å²) in [5.74, 6) is 0. The molecule has 0 aliphatic carbocycles. The van der Waals surface area contributed by atoms with Crippen LogP contribution in [0.1, 0.15) is 13.8 Å². The van der Waals surface area contributed by atoms with Crippen LogP contribution in [0.3, 0.4) is 0 Å². The molecule has 88 valence electrons. The molecule has 0 amide bonds. The van der Waals surface area contributed by atoms with E-state index in [1.165, 1.54) is 4.70 Å². The number of para-hydroxylation sites is 1. The van der Waals surface area contributed by atoms with Gasteiger partial charge in [0.1, 0.15) is 0 Å². The molecule has 0 fully saturated rings. The Morgan fingerprint density at radius 2 is 2.29 bits per heavy atom. The zero-order chi connectivity index (χ0) is 12.3. The zero-order valence-corrected chi connectivity index (χ0v) is 10.9. The van der Waals surface area contributed by atoms with Gasteiger partial charge in [0.2, 0.25) is 5.13 Å². The van der Waals surface area contributed by atoms with Gasteiger partial charge in [-0.2, -0.15) is 5.10 Å². The van der Waals surface area contributed by atoms with Crippen LogP contribution in [0.5, 0.6) is 0 Å². The van der Waals surface area contributed by atoms with Crippen molar-refractivity contribution in [1.82, 2.24) is 4.98 Å². The molecule has 3 nitrogen and oxygen atoms in total. The fraction of sp³-hybridized carbons (Fsp3) is 0.231. The van der Waals surface area contributed by atoms with Crippen LogP contribution in [0.25, 0.3) is 10.2 Å². The van der Waals surface area contributed by atoms with Crippen molar-refractivity contribution in [3.63, 3.8) is 0 Å². The Balaban J connectivity index is 2.37. The molecule has 4 heteroatoms. The van der Waals surface area contributed by atoms with Crippen LogP contribution < -0.4 is 5.01 Å². The SMILES string of the molecule is C=C(C)CN(/N=C/C)c1nc2ccccc2s1. The zero-order valence-electron chi connectivity index (χ0n) is 10.1. The van der Waals surface area contributed by atoms with Crippen molar-refractivity contribution in [2.45, 2.75) is 13.8 Å². The molecule has 1 aromatic carbocycles. The van der Waals surface area contributed by atoms with Crippen molar-refractivity contribution in [1.29, 1.82) is 0 Å². The van der Waals surface area contributed by atoms with E-state index < -0.39 is 0 Å². The van der Waals surface area contributed by atoms with Crippen LogP contribution >= 0.6 is 11.3 Å². The molecule has 0 atom stereocenters. The molecule has 1 heterocycles. The van der Waals surface area contributed by atoms with Crippen molar-refractivity contribution in [3.8, 4) is 0 Å². The van der Waals surface area contributed by atoms with Gasteiger partial charge < -0.3 is 0 Å². The number of anilines is 1. The molecule has 0 unspecified atom stereocenters. The molecule has 0 spiro atoms. The minimum Gasteiger partial charge on any atom is -0.235 e. The lowest BCUT2D eigenvalue weighted by Gasteiger charge is -2.14. The average Bonchev–Trinajstić information content (AvgIpc) is 2.71. The first-order valence-corrected chi connectivity index (χ1v) is 6.28. The van der Waals surface area contributed by atoms with Gasteiger partial charge in [-0.05, 0) is 26.0 Å². The van der Waals surface area contributed by atoms with Crippen molar-refractivity contribution in [3.05, 3.63) is 36.4 Å². The lowest BCUT2D eigenvalue weighted by molar-refractivity contribution is 0.907. The fourth-order valence-corrected chi connectivity index (χ4v) is 2.45.